The number of nitrogens with one attached hydrogen (secondary N) is 1. The second kappa shape index (κ2) is 9.67. The van der Waals surface area contributed by atoms with Gasteiger partial charge in [-0.15, -0.1) is 0 Å². The molecule has 1 rings (SSSR count). The molecule has 0 aliphatic carbocycles. The molecule has 0 aliphatic heterocycles. The molecule has 0 radical (unpaired) electrons. The van der Waals surface area contributed by atoms with Gasteiger partial charge in [-0.25, -0.2) is 9.97 Å². The Hall–Kier alpha value is -0.290. The molecule has 5 heteroatoms. The van der Waals surface area contributed by atoms with Gasteiger partial charge in [0.1, 0.15) is 11.6 Å². The van der Waals surface area contributed by atoms with Crippen LogP contribution in [0.1, 0.15) is 59.0 Å². The average Bonchev–Trinajstić information content (AvgIpc) is 2.45. The molecule has 0 bridgehead atoms. The highest BCUT2D eigenvalue weighted by Gasteiger charge is 2.14. The Bertz CT molecular complexity index is 438. The molecule has 0 spiro atoms. The molecule has 3 nitrogen and oxygen atoms in total. The minimum absolute atomic E-state index is 0.588. The van der Waals surface area contributed by atoms with E-state index in [0.29, 0.717) is 11.2 Å². The van der Waals surface area contributed by atoms with Gasteiger partial charge in [-0.2, -0.15) is 11.8 Å². The van der Waals surface area contributed by atoms with E-state index < -0.39 is 0 Å². The van der Waals surface area contributed by atoms with Crippen molar-refractivity contribution in [1.29, 1.82) is 0 Å². The van der Waals surface area contributed by atoms with E-state index in [1.165, 1.54) is 6.42 Å². The van der Waals surface area contributed by atoms with Crippen LogP contribution in [0, 0.1) is 5.92 Å². The number of anilines is 1. The fraction of sp³-hybridized carbons (Fsp3) is 0.750. The van der Waals surface area contributed by atoms with Gasteiger partial charge >= 0.3 is 0 Å². The van der Waals surface area contributed by atoms with Crippen molar-refractivity contribution in [1.82, 2.24) is 9.97 Å². The van der Waals surface area contributed by atoms with E-state index in [9.17, 15) is 0 Å². The topological polar surface area (TPSA) is 37.8 Å². The summed E-state index contributed by atoms with van der Waals surface area (Å²) in [5, 5.41) is 4.06. The van der Waals surface area contributed by atoms with E-state index in [0.717, 1.165) is 46.9 Å². The van der Waals surface area contributed by atoms with Gasteiger partial charge < -0.3 is 5.32 Å². The Morgan fingerprint density at radius 2 is 1.90 bits per heavy atom. The van der Waals surface area contributed by atoms with Crippen LogP contribution in [-0.4, -0.2) is 21.8 Å². The normalized spacial score (nSPS) is 12.7. The molecule has 0 amide bonds. The molecule has 0 aliphatic rings. The number of hydrogen-bond donors (Lipinski definition) is 1. The molecule has 0 saturated heterocycles. The second-order valence-corrected chi connectivity index (χ2v) is 8.02. The molecule has 1 aromatic rings. The van der Waals surface area contributed by atoms with Gasteiger partial charge in [0.15, 0.2) is 0 Å². The van der Waals surface area contributed by atoms with Gasteiger partial charge in [0.2, 0.25) is 0 Å². The lowest BCUT2D eigenvalue weighted by Gasteiger charge is -2.15. The lowest BCUT2D eigenvalue weighted by Crippen LogP contribution is -2.10. The van der Waals surface area contributed by atoms with Crippen molar-refractivity contribution < 1.29 is 0 Å². The van der Waals surface area contributed by atoms with E-state index >= 15 is 0 Å². The predicted octanol–water partition coefficient (Wildman–Crippen LogP) is 5.29. The van der Waals surface area contributed by atoms with Crippen LogP contribution in [0.15, 0.2) is 4.47 Å². The van der Waals surface area contributed by atoms with E-state index in [1.54, 1.807) is 0 Å². The van der Waals surface area contributed by atoms with Crippen molar-refractivity contribution in [3.63, 3.8) is 0 Å². The smallest absolute Gasteiger partial charge is 0.144 e. The van der Waals surface area contributed by atoms with E-state index in [1.807, 2.05) is 11.8 Å². The fourth-order valence-corrected chi connectivity index (χ4v) is 3.10. The van der Waals surface area contributed by atoms with Gasteiger partial charge in [-0.1, -0.05) is 34.6 Å². The Morgan fingerprint density at radius 1 is 1.19 bits per heavy atom. The number of rotatable bonds is 9. The highest BCUT2D eigenvalue weighted by Crippen LogP contribution is 2.27. The average molecular weight is 374 g/mol. The second-order valence-electron chi connectivity index (χ2n) is 5.80. The van der Waals surface area contributed by atoms with Gasteiger partial charge in [0.05, 0.1) is 15.9 Å². The Morgan fingerprint density at radius 3 is 2.48 bits per heavy atom. The molecule has 0 aromatic carbocycles. The first-order valence-electron chi connectivity index (χ1n) is 7.88. The number of hydrogen-bond acceptors (Lipinski definition) is 4. The van der Waals surface area contributed by atoms with Crippen molar-refractivity contribution in [2.24, 2.45) is 5.92 Å². The molecular formula is C16H28BrN3S. The van der Waals surface area contributed by atoms with Crippen LogP contribution >= 0.6 is 27.7 Å². The van der Waals surface area contributed by atoms with Crippen LogP contribution in [0.25, 0.3) is 0 Å². The first kappa shape index (κ1) is 18.8. The third kappa shape index (κ3) is 6.55. The molecular weight excluding hydrogens is 346 g/mol. The first-order valence-corrected chi connectivity index (χ1v) is 9.72. The SMILES string of the molecule is CCCNc1nc(CSC(C)CC)nc(CC(C)C)c1Br. The lowest BCUT2D eigenvalue weighted by molar-refractivity contribution is 0.629. The van der Waals surface area contributed by atoms with Gasteiger partial charge in [-0.3, -0.25) is 0 Å². The van der Waals surface area contributed by atoms with Crippen molar-refractivity contribution in [3.8, 4) is 0 Å². The summed E-state index contributed by atoms with van der Waals surface area (Å²) in [5.41, 5.74) is 1.12. The zero-order valence-corrected chi connectivity index (χ0v) is 16.3. The van der Waals surface area contributed by atoms with E-state index in [2.05, 4.69) is 55.9 Å². The maximum absolute atomic E-state index is 4.77. The summed E-state index contributed by atoms with van der Waals surface area (Å²) in [5.74, 6) is 3.36. The molecule has 1 heterocycles. The molecule has 1 unspecified atom stereocenters. The summed E-state index contributed by atoms with van der Waals surface area (Å²) in [6, 6.07) is 0. The maximum Gasteiger partial charge on any atom is 0.144 e. The van der Waals surface area contributed by atoms with Crippen LogP contribution in [0.5, 0.6) is 0 Å². The molecule has 0 saturated carbocycles. The van der Waals surface area contributed by atoms with Crippen LogP contribution in [0.2, 0.25) is 0 Å². The third-order valence-corrected chi connectivity index (χ3v) is 5.34. The largest absolute Gasteiger partial charge is 0.369 e. The minimum Gasteiger partial charge on any atom is -0.369 e. The Kier molecular flexibility index (Phi) is 8.64. The van der Waals surface area contributed by atoms with Crippen molar-refractivity contribution in [2.45, 2.75) is 64.9 Å². The quantitative estimate of drug-likeness (QED) is 0.637. The third-order valence-electron chi connectivity index (χ3n) is 3.18. The van der Waals surface area contributed by atoms with Crippen LogP contribution in [0.3, 0.4) is 0 Å². The monoisotopic (exact) mass is 373 g/mol. The zero-order chi connectivity index (χ0) is 15.8. The summed E-state index contributed by atoms with van der Waals surface area (Å²) < 4.78 is 1.03. The van der Waals surface area contributed by atoms with Gasteiger partial charge in [0, 0.05) is 11.8 Å². The highest BCUT2D eigenvalue weighted by atomic mass is 79.9. The summed E-state index contributed by atoms with van der Waals surface area (Å²) >= 11 is 5.60. The zero-order valence-electron chi connectivity index (χ0n) is 13.9. The fourth-order valence-electron chi connectivity index (χ4n) is 1.83. The predicted molar refractivity (Wildman–Crippen MR) is 98.1 cm³/mol. The summed E-state index contributed by atoms with van der Waals surface area (Å²) in [6.45, 7) is 12.0. The number of halogens is 1. The first-order chi connectivity index (χ1) is 9.97. The van der Waals surface area contributed by atoms with Crippen LogP contribution in [-0.2, 0) is 12.2 Å². The number of nitrogens with zero attached hydrogens (tertiary/aromatic N) is 2. The Labute approximate surface area is 142 Å². The number of aromatic nitrogens is 2. The molecule has 0 fully saturated rings. The Balaban J connectivity index is 2.95. The maximum atomic E-state index is 4.77. The van der Waals surface area contributed by atoms with Crippen LogP contribution in [0.4, 0.5) is 5.82 Å². The van der Waals surface area contributed by atoms with Crippen molar-refractivity contribution in [2.75, 3.05) is 11.9 Å². The van der Waals surface area contributed by atoms with Crippen molar-refractivity contribution >= 4 is 33.5 Å². The van der Waals surface area contributed by atoms with Gasteiger partial charge in [-0.05, 0) is 41.1 Å². The molecule has 1 atom stereocenters. The van der Waals surface area contributed by atoms with E-state index in [4.69, 9.17) is 9.97 Å². The minimum atomic E-state index is 0.588. The van der Waals surface area contributed by atoms with Crippen LogP contribution < -0.4 is 5.32 Å². The summed E-state index contributed by atoms with van der Waals surface area (Å²) in [4.78, 5) is 9.46. The summed E-state index contributed by atoms with van der Waals surface area (Å²) in [6.07, 6.45) is 3.25. The van der Waals surface area contributed by atoms with Gasteiger partial charge in [0.25, 0.3) is 0 Å². The highest BCUT2D eigenvalue weighted by molar-refractivity contribution is 9.10. The lowest BCUT2D eigenvalue weighted by atomic mass is 10.1. The number of thioether (sulfide) groups is 1. The molecule has 21 heavy (non-hydrogen) atoms. The molecule has 1 N–H and O–H groups in total. The van der Waals surface area contributed by atoms with Crippen molar-refractivity contribution in [3.05, 3.63) is 16.0 Å². The molecule has 120 valence electrons. The standard InChI is InChI=1S/C16H28BrN3S/c1-6-8-18-16-15(17)13(9-11(3)4)19-14(20-16)10-21-12(5)7-2/h11-12H,6-10H2,1-5H3,(H,18,19,20). The van der Waals surface area contributed by atoms with E-state index in [-0.39, 0.29) is 0 Å². The molecule has 1 aromatic heterocycles. The summed E-state index contributed by atoms with van der Waals surface area (Å²) in [7, 11) is 0.